The van der Waals surface area contributed by atoms with Crippen LogP contribution in [0, 0.1) is 11.3 Å². The first kappa shape index (κ1) is 18.8. The molecule has 0 spiro atoms. The van der Waals surface area contributed by atoms with Gasteiger partial charge in [-0.25, -0.2) is 4.79 Å². The molecule has 0 atom stereocenters. The number of esters is 1. The number of nitrogens with zero attached hydrogens (tertiary/aromatic N) is 1. The van der Waals surface area contributed by atoms with E-state index in [1.807, 2.05) is 6.07 Å². The van der Waals surface area contributed by atoms with Gasteiger partial charge in [-0.15, -0.1) is 11.8 Å². The zero-order chi connectivity index (χ0) is 19.4. The molecule has 136 valence electrons. The highest BCUT2D eigenvalue weighted by molar-refractivity contribution is 8.00. The van der Waals surface area contributed by atoms with Gasteiger partial charge < -0.3 is 15.4 Å². The fourth-order valence-electron chi connectivity index (χ4n) is 2.33. The fourth-order valence-corrected chi connectivity index (χ4v) is 3.29. The smallest absolute Gasteiger partial charge is 0.338 e. The van der Waals surface area contributed by atoms with Gasteiger partial charge in [0.05, 0.1) is 28.3 Å². The monoisotopic (exact) mass is 401 g/mol. The molecule has 0 radical (unpaired) electrons. The van der Waals surface area contributed by atoms with Crippen LogP contribution >= 0.6 is 23.4 Å². The molecule has 1 heterocycles. The fraction of sp³-hybridized carbons (Fsp3) is 0.111. The topological polar surface area (TPSA) is 108 Å². The SMILES string of the molecule is N#Cc1ccc(Cl)cc1NC(=O)COC(=O)c1ccc2c(c1)NC(=O)CS2. The van der Waals surface area contributed by atoms with Crippen LogP contribution in [0.5, 0.6) is 0 Å². The Balaban J connectivity index is 1.62. The second-order valence-electron chi connectivity index (χ2n) is 5.47. The van der Waals surface area contributed by atoms with Crippen molar-refractivity contribution >= 4 is 52.5 Å². The van der Waals surface area contributed by atoms with Crippen molar-refractivity contribution in [3.63, 3.8) is 0 Å². The standard InChI is InChI=1S/C18H12ClN3O4S/c19-12-3-1-11(7-20)13(6-12)21-16(23)8-26-18(25)10-2-4-15-14(5-10)22-17(24)9-27-15/h1-6H,8-9H2,(H,21,23)(H,22,24). The third kappa shape index (κ3) is 4.58. The molecule has 0 aliphatic carbocycles. The minimum atomic E-state index is -0.704. The number of amides is 2. The molecule has 0 unspecified atom stereocenters. The summed E-state index contributed by atoms with van der Waals surface area (Å²) in [5.41, 5.74) is 1.22. The Bertz CT molecular complexity index is 987. The van der Waals surface area contributed by atoms with Gasteiger partial charge in [0.25, 0.3) is 5.91 Å². The van der Waals surface area contributed by atoms with Crippen LogP contribution in [0.4, 0.5) is 11.4 Å². The van der Waals surface area contributed by atoms with E-state index >= 15 is 0 Å². The van der Waals surface area contributed by atoms with Crippen molar-refractivity contribution in [3.8, 4) is 6.07 Å². The van der Waals surface area contributed by atoms with Gasteiger partial charge in [-0.2, -0.15) is 5.26 Å². The minimum absolute atomic E-state index is 0.146. The predicted molar refractivity (Wildman–Crippen MR) is 101 cm³/mol. The summed E-state index contributed by atoms with van der Waals surface area (Å²) in [6.45, 7) is -0.533. The average Bonchev–Trinajstić information content (AvgIpc) is 2.65. The highest BCUT2D eigenvalue weighted by atomic mass is 35.5. The summed E-state index contributed by atoms with van der Waals surface area (Å²) in [6.07, 6.45) is 0. The number of anilines is 2. The number of rotatable bonds is 4. The van der Waals surface area contributed by atoms with Crippen LogP contribution in [-0.4, -0.2) is 30.1 Å². The largest absolute Gasteiger partial charge is 0.452 e. The van der Waals surface area contributed by atoms with Crippen LogP contribution in [0.15, 0.2) is 41.3 Å². The molecule has 7 nitrogen and oxygen atoms in total. The lowest BCUT2D eigenvalue weighted by molar-refractivity contribution is -0.119. The lowest BCUT2D eigenvalue weighted by Crippen LogP contribution is -2.22. The van der Waals surface area contributed by atoms with E-state index in [0.29, 0.717) is 16.5 Å². The number of thioether (sulfide) groups is 1. The number of carbonyl (C=O) groups excluding carboxylic acids is 3. The third-order valence-corrected chi connectivity index (χ3v) is 4.87. The molecular weight excluding hydrogens is 390 g/mol. The summed E-state index contributed by atoms with van der Waals surface area (Å²) in [4.78, 5) is 36.4. The summed E-state index contributed by atoms with van der Waals surface area (Å²) < 4.78 is 5.00. The molecule has 0 aromatic heterocycles. The maximum atomic E-state index is 12.2. The molecule has 0 saturated carbocycles. The lowest BCUT2D eigenvalue weighted by Gasteiger charge is -2.16. The van der Waals surface area contributed by atoms with Gasteiger partial charge in [-0.3, -0.25) is 9.59 Å². The minimum Gasteiger partial charge on any atom is -0.452 e. The molecule has 2 aromatic rings. The van der Waals surface area contributed by atoms with Crippen molar-refractivity contribution < 1.29 is 19.1 Å². The summed E-state index contributed by atoms with van der Waals surface area (Å²) >= 11 is 7.23. The number of nitrogens with one attached hydrogen (secondary N) is 2. The van der Waals surface area contributed by atoms with E-state index in [2.05, 4.69) is 10.6 Å². The molecule has 1 aliphatic heterocycles. The number of benzene rings is 2. The van der Waals surface area contributed by atoms with Crippen molar-refractivity contribution in [2.45, 2.75) is 4.90 Å². The molecule has 2 N–H and O–H groups in total. The van der Waals surface area contributed by atoms with E-state index in [-0.39, 0.29) is 22.7 Å². The molecule has 3 rings (SSSR count). The Hall–Kier alpha value is -3.02. The van der Waals surface area contributed by atoms with E-state index < -0.39 is 18.5 Å². The molecule has 0 fully saturated rings. The van der Waals surface area contributed by atoms with Crippen molar-refractivity contribution in [3.05, 3.63) is 52.5 Å². The van der Waals surface area contributed by atoms with Crippen molar-refractivity contribution in [1.29, 1.82) is 5.26 Å². The Morgan fingerprint density at radius 1 is 1.30 bits per heavy atom. The van der Waals surface area contributed by atoms with Crippen LogP contribution in [0.1, 0.15) is 15.9 Å². The van der Waals surface area contributed by atoms with Gasteiger partial charge in [-0.1, -0.05) is 11.6 Å². The van der Waals surface area contributed by atoms with Gasteiger partial charge in [0, 0.05) is 9.92 Å². The first-order valence-corrected chi connectivity index (χ1v) is 9.06. The maximum Gasteiger partial charge on any atom is 0.338 e. The molecule has 27 heavy (non-hydrogen) atoms. The molecule has 9 heteroatoms. The normalized spacial score (nSPS) is 12.4. The van der Waals surface area contributed by atoms with Crippen LogP contribution in [0.2, 0.25) is 5.02 Å². The quantitative estimate of drug-likeness (QED) is 0.762. The summed E-state index contributed by atoms with van der Waals surface area (Å²) in [7, 11) is 0. The average molecular weight is 402 g/mol. The van der Waals surface area contributed by atoms with Crippen LogP contribution in [0.25, 0.3) is 0 Å². The Morgan fingerprint density at radius 2 is 2.11 bits per heavy atom. The first-order chi connectivity index (χ1) is 13.0. The second-order valence-corrected chi connectivity index (χ2v) is 6.93. The number of halogens is 1. The van der Waals surface area contributed by atoms with Gasteiger partial charge >= 0.3 is 5.97 Å². The molecule has 0 saturated heterocycles. The third-order valence-electron chi connectivity index (χ3n) is 3.56. The second kappa shape index (κ2) is 8.12. The molecule has 0 bridgehead atoms. The van der Waals surface area contributed by atoms with E-state index in [0.717, 1.165) is 4.90 Å². The lowest BCUT2D eigenvalue weighted by atomic mass is 10.2. The van der Waals surface area contributed by atoms with E-state index in [1.54, 1.807) is 12.1 Å². The molecule has 2 aromatic carbocycles. The van der Waals surface area contributed by atoms with Crippen molar-refractivity contribution in [1.82, 2.24) is 0 Å². The van der Waals surface area contributed by atoms with E-state index in [1.165, 1.54) is 36.0 Å². The number of carbonyl (C=O) groups is 3. The number of ether oxygens (including phenoxy) is 1. The Labute approximate surface area is 163 Å². The van der Waals surface area contributed by atoms with Gasteiger partial charge in [0.2, 0.25) is 5.91 Å². The summed E-state index contributed by atoms with van der Waals surface area (Å²) in [6, 6.07) is 11.2. The molecular formula is C18H12ClN3O4S. The van der Waals surface area contributed by atoms with Crippen LogP contribution < -0.4 is 10.6 Å². The Kier molecular flexibility index (Phi) is 5.64. The number of fused-ring (bicyclic) bond motifs is 1. The van der Waals surface area contributed by atoms with Crippen molar-refractivity contribution in [2.75, 3.05) is 23.0 Å². The zero-order valence-corrected chi connectivity index (χ0v) is 15.3. The van der Waals surface area contributed by atoms with Crippen LogP contribution in [-0.2, 0) is 14.3 Å². The highest BCUT2D eigenvalue weighted by Gasteiger charge is 2.18. The summed E-state index contributed by atoms with van der Waals surface area (Å²) in [5.74, 6) is -1.13. The number of nitriles is 1. The van der Waals surface area contributed by atoms with E-state index in [4.69, 9.17) is 21.6 Å². The van der Waals surface area contributed by atoms with Gasteiger partial charge in [0.1, 0.15) is 6.07 Å². The zero-order valence-electron chi connectivity index (χ0n) is 13.7. The first-order valence-electron chi connectivity index (χ1n) is 7.69. The summed E-state index contributed by atoms with van der Waals surface area (Å²) in [5, 5.41) is 14.6. The van der Waals surface area contributed by atoms with E-state index in [9.17, 15) is 14.4 Å². The van der Waals surface area contributed by atoms with Crippen molar-refractivity contribution in [2.24, 2.45) is 0 Å². The molecule has 2 amide bonds. The Morgan fingerprint density at radius 3 is 2.89 bits per heavy atom. The van der Waals surface area contributed by atoms with Gasteiger partial charge in [0.15, 0.2) is 6.61 Å². The maximum absolute atomic E-state index is 12.2. The highest BCUT2D eigenvalue weighted by Crippen LogP contribution is 2.32. The molecule has 1 aliphatic rings. The number of hydrogen-bond donors (Lipinski definition) is 2. The predicted octanol–water partition coefficient (Wildman–Crippen LogP) is 3.05. The van der Waals surface area contributed by atoms with Crippen LogP contribution in [0.3, 0.4) is 0 Å². The number of hydrogen-bond acceptors (Lipinski definition) is 6. The van der Waals surface area contributed by atoms with Gasteiger partial charge in [-0.05, 0) is 36.4 Å².